The molecule has 2 aliphatic rings. The number of nitrogens with one attached hydrogen (secondary N) is 1. The zero-order valence-corrected chi connectivity index (χ0v) is 19.8. The molecule has 1 unspecified atom stereocenters. The van der Waals surface area contributed by atoms with E-state index in [0.29, 0.717) is 19.6 Å². The lowest BCUT2D eigenvalue weighted by molar-refractivity contribution is -0.143. The molecule has 2 fully saturated rings. The van der Waals surface area contributed by atoms with E-state index >= 15 is 0 Å². The molecule has 0 radical (unpaired) electrons. The van der Waals surface area contributed by atoms with Crippen molar-refractivity contribution in [2.75, 3.05) is 71.4 Å². The van der Waals surface area contributed by atoms with Crippen LogP contribution in [0, 0.1) is 5.92 Å². The highest BCUT2D eigenvalue weighted by atomic mass is 127. The van der Waals surface area contributed by atoms with Gasteiger partial charge in [-0.15, -0.1) is 24.0 Å². The highest BCUT2D eigenvalue weighted by molar-refractivity contribution is 14.0. The highest BCUT2D eigenvalue weighted by Gasteiger charge is 2.34. The minimum absolute atomic E-state index is 0. The van der Waals surface area contributed by atoms with Gasteiger partial charge in [0.15, 0.2) is 5.96 Å². The van der Waals surface area contributed by atoms with E-state index < -0.39 is 12.7 Å². The number of hydrogen-bond acceptors (Lipinski definition) is 4. The Bertz CT molecular complexity index is 695. The van der Waals surface area contributed by atoms with E-state index in [0.717, 1.165) is 50.0 Å². The Hall–Kier alpha value is -1.43. The average Bonchev–Trinajstić information content (AvgIpc) is 3.14. The van der Waals surface area contributed by atoms with Gasteiger partial charge < -0.3 is 19.9 Å². The minimum atomic E-state index is -4.12. The van der Waals surface area contributed by atoms with Gasteiger partial charge in [0.25, 0.3) is 0 Å². The molecule has 1 N–H and O–H groups in total. The lowest BCUT2D eigenvalue weighted by Gasteiger charge is -2.38. The SMILES string of the molecule is CN=C(NCC1CCN(CC(F)(F)F)C1)N1CCN(c2cccc(OC)c2)CC1.I. The number of aliphatic imine (C=N–C) groups is 1. The number of methoxy groups -OCH3 is 1. The Balaban J connectivity index is 0.00000320. The highest BCUT2D eigenvalue weighted by Crippen LogP contribution is 2.23. The second-order valence-corrected chi connectivity index (χ2v) is 7.61. The molecule has 1 aromatic rings. The predicted molar refractivity (Wildman–Crippen MR) is 124 cm³/mol. The number of guanidine groups is 1. The maximum Gasteiger partial charge on any atom is 0.401 e. The molecule has 0 aromatic heterocycles. The quantitative estimate of drug-likeness (QED) is 0.353. The van der Waals surface area contributed by atoms with Gasteiger partial charge in [-0.3, -0.25) is 9.89 Å². The molecule has 6 nitrogen and oxygen atoms in total. The molecule has 0 bridgehead atoms. The van der Waals surface area contributed by atoms with Crippen molar-refractivity contribution in [3.63, 3.8) is 0 Å². The summed E-state index contributed by atoms with van der Waals surface area (Å²) in [5.41, 5.74) is 1.14. The Kier molecular flexibility index (Phi) is 9.32. The third-order valence-electron chi connectivity index (χ3n) is 5.53. The van der Waals surface area contributed by atoms with Gasteiger partial charge in [-0.1, -0.05) is 6.07 Å². The fraction of sp³-hybridized carbons (Fsp3) is 0.650. The number of benzene rings is 1. The van der Waals surface area contributed by atoms with Gasteiger partial charge in [0, 0.05) is 58.1 Å². The van der Waals surface area contributed by atoms with Crippen LogP contribution in [0.25, 0.3) is 0 Å². The lowest BCUT2D eigenvalue weighted by Crippen LogP contribution is -2.53. The molecule has 0 aliphatic carbocycles. The molecule has 170 valence electrons. The van der Waals surface area contributed by atoms with Crippen molar-refractivity contribution < 1.29 is 17.9 Å². The minimum Gasteiger partial charge on any atom is -0.497 e. The van der Waals surface area contributed by atoms with Gasteiger partial charge in [-0.25, -0.2) is 0 Å². The number of alkyl halides is 3. The van der Waals surface area contributed by atoms with Gasteiger partial charge in [0.1, 0.15) is 5.75 Å². The topological polar surface area (TPSA) is 43.3 Å². The number of nitrogens with zero attached hydrogens (tertiary/aromatic N) is 4. The van der Waals surface area contributed by atoms with E-state index in [1.165, 1.54) is 4.90 Å². The number of anilines is 1. The van der Waals surface area contributed by atoms with Crippen molar-refractivity contribution in [1.29, 1.82) is 0 Å². The number of hydrogen-bond donors (Lipinski definition) is 1. The van der Waals surface area contributed by atoms with E-state index in [2.05, 4.69) is 26.2 Å². The Morgan fingerprint density at radius 2 is 1.93 bits per heavy atom. The van der Waals surface area contributed by atoms with E-state index in [9.17, 15) is 13.2 Å². The van der Waals surface area contributed by atoms with Crippen molar-refractivity contribution in [2.24, 2.45) is 10.9 Å². The maximum absolute atomic E-state index is 12.5. The maximum atomic E-state index is 12.5. The summed E-state index contributed by atoms with van der Waals surface area (Å²) in [6, 6.07) is 8.04. The fourth-order valence-corrected chi connectivity index (χ4v) is 4.03. The van der Waals surface area contributed by atoms with Crippen LogP contribution in [0.3, 0.4) is 0 Å². The largest absolute Gasteiger partial charge is 0.497 e. The third-order valence-corrected chi connectivity index (χ3v) is 5.53. The first kappa shape index (κ1) is 24.8. The van der Waals surface area contributed by atoms with Crippen LogP contribution >= 0.6 is 24.0 Å². The molecule has 2 aliphatic heterocycles. The lowest BCUT2D eigenvalue weighted by atomic mass is 10.1. The molecule has 10 heteroatoms. The third kappa shape index (κ3) is 7.07. The summed E-state index contributed by atoms with van der Waals surface area (Å²) in [7, 11) is 3.42. The molecule has 2 saturated heterocycles. The van der Waals surface area contributed by atoms with Crippen molar-refractivity contribution in [3.8, 4) is 5.75 Å². The van der Waals surface area contributed by atoms with Crippen molar-refractivity contribution in [3.05, 3.63) is 24.3 Å². The van der Waals surface area contributed by atoms with Crippen LogP contribution in [-0.2, 0) is 0 Å². The molecule has 2 heterocycles. The average molecular weight is 541 g/mol. The summed E-state index contributed by atoms with van der Waals surface area (Å²) in [6.45, 7) is 4.23. The Morgan fingerprint density at radius 1 is 1.20 bits per heavy atom. The number of halogens is 4. The second kappa shape index (κ2) is 11.3. The number of ether oxygens (including phenoxy) is 1. The first-order valence-electron chi connectivity index (χ1n) is 10.0. The van der Waals surface area contributed by atoms with Gasteiger partial charge in [0.05, 0.1) is 13.7 Å². The van der Waals surface area contributed by atoms with E-state index in [4.69, 9.17) is 4.74 Å². The van der Waals surface area contributed by atoms with Crippen molar-refractivity contribution >= 4 is 35.6 Å². The zero-order chi connectivity index (χ0) is 20.9. The molecule has 1 aromatic carbocycles. The Labute approximate surface area is 193 Å². The van der Waals surface area contributed by atoms with Crippen LogP contribution in [0.4, 0.5) is 18.9 Å². The van der Waals surface area contributed by atoms with Crippen LogP contribution in [-0.4, -0.2) is 88.5 Å². The molecule has 0 spiro atoms. The molecule has 0 saturated carbocycles. The zero-order valence-electron chi connectivity index (χ0n) is 17.5. The summed E-state index contributed by atoms with van der Waals surface area (Å²) >= 11 is 0. The van der Waals surface area contributed by atoms with Gasteiger partial charge >= 0.3 is 6.18 Å². The van der Waals surface area contributed by atoms with Crippen LogP contribution in [0.5, 0.6) is 5.75 Å². The van der Waals surface area contributed by atoms with Crippen molar-refractivity contribution in [1.82, 2.24) is 15.1 Å². The first-order valence-corrected chi connectivity index (χ1v) is 10.0. The normalized spacial score (nSPS) is 20.8. The number of likely N-dealkylation sites (tertiary alicyclic amines) is 1. The van der Waals surface area contributed by atoms with Gasteiger partial charge in [0.2, 0.25) is 0 Å². The van der Waals surface area contributed by atoms with Crippen LogP contribution in [0.2, 0.25) is 0 Å². The molecular formula is C20H31F3IN5O. The summed E-state index contributed by atoms with van der Waals surface area (Å²) in [5, 5.41) is 3.37. The molecule has 3 rings (SSSR count). The summed E-state index contributed by atoms with van der Waals surface area (Å²) in [4.78, 5) is 10.4. The number of piperazine rings is 1. The summed E-state index contributed by atoms with van der Waals surface area (Å²) < 4.78 is 43.0. The van der Waals surface area contributed by atoms with Crippen LogP contribution in [0.1, 0.15) is 6.42 Å². The summed E-state index contributed by atoms with van der Waals surface area (Å²) in [6.07, 6.45) is -3.34. The number of rotatable bonds is 5. The first-order chi connectivity index (χ1) is 13.9. The molecule has 1 atom stereocenters. The van der Waals surface area contributed by atoms with E-state index in [-0.39, 0.29) is 29.9 Å². The predicted octanol–water partition coefficient (Wildman–Crippen LogP) is 2.89. The van der Waals surface area contributed by atoms with E-state index in [1.54, 1.807) is 14.2 Å². The monoisotopic (exact) mass is 541 g/mol. The van der Waals surface area contributed by atoms with E-state index in [1.807, 2.05) is 18.2 Å². The molecular weight excluding hydrogens is 510 g/mol. The fourth-order valence-electron chi connectivity index (χ4n) is 4.03. The van der Waals surface area contributed by atoms with Gasteiger partial charge in [-0.05, 0) is 31.0 Å². The molecule has 30 heavy (non-hydrogen) atoms. The molecule has 0 amide bonds. The summed E-state index contributed by atoms with van der Waals surface area (Å²) in [5.74, 6) is 1.88. The second-order valence-electron chi connectivity index (χ2n) is 7.61. The van der Waals surface area contributed by atoms with Crippen molar-refractivity contribution in [2.45, 2.75) is 12.6 Å². The smallest absolute Gasteiger partial charge is 0.401 e. The standard InChI is InChI=1S/C20H30F3N5O.HI/c1-24-19(25-13-16-6-7-26(14-16)15-20(21,22)23)28-10-8-27(9-11-28)17-4-3-5-18(12-17)29-2;/h3-5,12,16H,6-11,13-15H2,1-2H3,(H,24,25);1H. The van der Waals surface area contributed by atoms with Gasteiger partial charge in [-0.2, -0.15) is 13.2 Å². The van der Waals surface area contributed by atoms with Crippen LogP contribution in [0.15, 0.2) is 29.3 Å². The van der Waals surface area contributed by atoms with Crippen LogP contribution < -0.4 is 15.0 Å². The Morgan fingerprint density at radius 3 is 2.57 bits per heavy atom.